The maximum absolute atomic E-state index is 14.6. The van der Waals surface area contributed by atoms with Gasteiger partial charge in [-0.05, 0) is 72.7 Å². The second-order valence-electron chi connectivity index (χ2n) is 9.37. The fraction of sp³-hybridized carbons (Fsp3) is 0.462. The second kappa shape index (κ2) is 11.3. The van der Waals surface area contributed by atoms with E-state index in [1.54, 1.807) is 19.2 Å². The van der Waals surface area contributed by atoms with Crippen LogP contribution < -0.4 is 14.8 Å². The quantitative estimate of drug-likeness (QED) is 0.221. The van der Waals surface area contributed by atoms with E-state index >= 15 is 0 Å². The van der Waals surface area contributed by atoms with Gasteiger partial charge in [0.15, 0.2) is 17.3 Å². The first-order valence-electron chi connectivity index (χ1n) is 11.9. The van der Waals surface area contributed by atoms with Crippen molar-refractivity contribution in [3.05, 3.63) is 45.9 Å². The van der Waals surface area contributed by atoms with Crippen molar-refractivity contribution in [3.63, 3.8) is 0 Å². The molecule has 6 nitrogen and oxygen atoms in total. The van der Waals surface area contributed by atoms with Gasteiger partial charge in [0.25, 0.3) is 0 Å². The molecule has 0 spiro atoms. The number of ether oxygens (including phenoxy) is 2. The number of anilines is 2. The van der Waals surface area contributed by atoms with E-state index in [1.807, 2.05) is 12.1 Å². The summed E-state index contributed by atoms with van der Waals surface area (Å²) in [7, 11) is 1.60. The second-order valence-corrected chi connectivity index (χ2v) is 10.6. The predicted molar refractivity (Wildman–Crippen MR) is 143 cm³/mol. The standard InChI is InChI=1S/C26H31BrClFN4O2/c1-15(2)33-12-16(3)17(13-33)6-5-9-35-23-11-21-18(10-22(23)34-4)26(31-14-30-21)32-20-8-7-19(27)24(28)25(20)29/h7-8,10-11,14-17H,5-6,9,12-13H2,1-4H3,(H,30,31,32)/t16-,17+/m1/s1. The van der Waals surface area contributed by atoms with Crippen LogP contribution in [0, 0.1) is 17.7 Å². The number of aromatic nitrogens is 2. The molecule has 3 aromatic rings. The summed E-state index contributed by atoms with van der Waals surface area (Å²) in [6.45, 7) is 9.81. The van der Waals surface area contributed by atoms with E-state index in [1.165, 1.54) is 12.9 Å². The van der Waals surface area contributed by atoms with Gasteiger partial charge in [0, 0.05) is 35.1 Å². The molecule has 2 atom stereocenters. The van der Waals surface area contributed by atoms with Gasteiger partial charge in [-0.3, -0.25) is 0 Å². The van der Waals surface area contributed by atoms with Crippen LogP contribution in [0.3, 0.4) is 0 Å². The first-order valence-corrected chi connectivity index (χ1v) is 13.1. The van der Waals surface area contributed by atoms with Gasteiger partial charge >= 0.3 is 0 Å². The molecule has 1 fully saturated rings. The SMILES string of the molecule is COc1cc2c(Nc3ccc(Br)c(Cl)c3F)ncnc2cc1OCCC[C@H]1CN(C(C)C)C[C@H]1C. The highest BCUT2D eigenvalue weighted by Crippen LogP contribution is 2.37. The van der Waals surface area contributed by atoms with Crippen molar-refractivity contribution in [1.82, 2.24) is 14.9 Å². The van der Waals surface area contributed by atoms with Crippen molar-refractivity contribution in [3.8, 4) is 11.5 Å². The fourth-order valence-electron chi connectivity index (χ4n) is 4.59. The molecule has 0 radical (unpaired) electrons. The molecule has 188 valence electrons. The first kappa shape index (κ1) is 25.9. The molecular weight excluding hydrogens is 535 g/mol. The highest BCUT2D eigenvalue weighted by atomic mass is 79.9. The van der Waals surface area contributed by atoms with E-state index in [4.69, 9.17) is 21.1 Å². The minimum atomic E-state index is -0.562. The van der Waals surface area contributed by atoms with Crippen LogP contribution in [0.15, 0.2) is 35.1 Å². The van der Waals surface area contributed by atoms with Crippen molar-refractivity contribution in [2.75, 3.05) is 32.1 Å². The smallest absolute Gasteiger partial charge is 0.166 e. The van der Waals surface area contributed by atoms with Crippen LogP contribution in [-0.2, 0) is 0 Å². The van der Waals surface area contributed by atoms with Crippen LogP contribution in [0.2, 0.25) is 5.02 Å². The number of fused-ring (bicyclic) bond motifs is 1. The largest absolute Gasteiger partial charge is 0.493 e. The molecule has 9 heteroatoms. The zero-order valence-corrected chi connectivity index (χ0v) is 22.8. The molecule has 4 rings (SSSR count). The molecule has 2 aromatic carbocycles. The molecule has 1 aliphatic rings. The van der Waals surface area contributed by atoms with Gasteiger partial charge in [-0.1, -0.05) is 18.5 Å². The zero-order valence-electron chi connectivity index (χ0n) is 20.4. The van der Waals surface area contributed by atoms with Crippen LogP contribution in [0.25, 0.3) is 10.9 Å². The number of halogens is 3. The lowest BCUT2D eigenvalue weighted by molar-refractivity contribution is 0.252. The molecular formula is C26H31BrClFN4O2. The number of rotatable bonds is 9. The summed E-state index contributed by atoms with van der Waals surface area (Å²) in [6.07, 6.45) is 3.54. The van der Waals surface area contributed by atoms with Crippen molar-refractivity contribution in [2.24, 2.45) is 11.8 Å². The monoisotopic (exact) mass is 564 g/mol. The summed E-state index contributed by atoms with van der Waals surface area (Å²) in [5.74, 6) is 2.50. The average molecular weight is 566 g/mol. The average Bonchev–Trinajstić information content (AvgIpc) is 3.22. The third-order valence-corrected chi connectivity index (χ3v) is 7.97. The summed E-state index contributed by atoms with van der Waals surface area (Å²) in [6, 6.07) is 7.52. The van der Waals surface area contributed by atoms with Gasteiger partial charge in [-0.2, -0.15) is 0 Å². The molecule has 0 bridgehead atoms. The van der Waals surface area contributed by atoms with Gasteiger partial charge in [-0.25, -0.2) is 14.4 Å². The number of benzene rings is 2. The van der Waals surface area contributed by atoms with Crippen LogP contribution >= 0.6 is 27.5 Å². The number of methoxy groups -OCH3 is 1. The van der Waals surface area contributed by atoms with Crippen LogP contribution in [0.4, 0.5) is 15.9 Å². The molecule has 0 aliphatic carbocycles. The molecule has 1 saturated heterocycles. The zero-order chi connectivity index (χ0) is 25.1. The third kappa shape index (κ3) is 5.81. The summed E-state index contributed by atoms with van der Waals surface area (Å²) >= 11 is 9.26. The number of hydrogen-bond acceptors (Lipinski definition) is 6. The Bertz CT molecular complexity index is 1200. The minimum absolute atomic E-state index is 0.00513. The van der Waals surface area contributed by atoms with E-state index < -0.39 is 5.82 Å². The summed E-state index contributed by atoms with van der Waals surface area (Å²) in [4.78, 5) is 11.2. The van der Waals surface area contributed by atoms with Crippen molar-refractivity contribution in [1.29, 1.82) is 0 Å². The number of nitrogens with one attached hydrogen (secondary N) is 1. The lowest BCUT2D eigenvalue weighted by Crippen LogP contribution is -2.28. The Morgan fingerprint density at radius 1 is 1.23 bits per heavy atom. The Labute approximate surface area is 219 Å². The predicted octanol–water partition coefficient (Wildman–Crippen LogP) is 7.07. The molecule has 0 amide bonds. The van der Waals surface area contributed by atoms with Gasteiger partial charge in [0.05, 0.1) is 29.9 Å². The molecule has 1 N–H and O–H groups in total. The number of hydrogen-bond donors (Lipinski definition) is 1. The minimum Gasteiger partial charge on any atom is -0.493 e. The van der Waals surface area contributed by atoms with E-state index in [2.05, 4.69) is 56.9 Å². The Hall–Kier alpha value is -2.16. The highest BCUT2D eigenvalue weighted by Gasteiger charge is 2.30. The highest BCUT2D eigenvalue weighted by molar-refractivity contribution is 9.10. The Morgan fingerprint density at radius 3 is 2.74 bits per heavy atom. The topological polar surface area (TPSA) is 59.5 Å². The van der Waals surface area contributed by atoms with E-state index in [0.717, 1.165) is 19.4 Å². The molecule has 2 heterocycles. The van der Waals surface area contributed by atoms with E-state index in [-0.39, 0.29) is 10.7 Å². The first-order chi connectivity index (χ1) is 16.8. The number of nitrogens with zero attached hydrogens (tertiary/aromatic N) is 3. The third-order valence-electron chi connectivity index (χ3n) is 6.71. The van der Waals surface area contributed by atoms with Gasteiger partial charge in [0.2, 0.25) is 0 Å². The lowest BCUT2D eigenvalue weighted by Gasteiger charge is -2.20. The van der Waals surface area contributed by atoms with Crippen LogP contribution in [0.1, 0.15) is 33.6 Å². The summed E-state index contributed by atoms with van der Waals surface area (Å²) < 4.78 is 26.8. The lowest BCUT2D eigenvalue weighted by atomic mass is 9.93. The molecule has 0 saturated carbocycles. The van der Waals surface area contributed by atoms with Crippen molar-refractivity contribution < 1.29 is 13.9 Å². The molecule has 0 unspecified atom stereocenters. The summed E-state index contributed by atoms with van der Waals surface area (Å²) in [5.41, 5.74) is 0.883. The molecule has 35 heavy (non-hydrogen) atoms. The Balaban J connectivity index is 1.46. The fourth-order valence-corrected chi connectivity index (χ4v) is 5.06. The van der Waals surface area contributed by atoms with Crippen molar-refractivity contribution in [2.45, 2.75) is 39.7 Å². The maximum atomic E-state index is 14.6. The molecule has 1 aliphatic heterocycles. The Kier molecular flexibility index (Phi) is 8.34. The summed E-state index contributed by atoms with van der Waals surface area (Å²) in [5, 5.41) is 3.71. The normalized spacial score (nSPS) is 18.4. The van der Waals surface area contributed by atoms with Gasteiger partial charge in [0.1, 0.15) is 12.1 Å². The van der Waals surface area contributed by atoms with E-state index in [9.17, 15) is 4.39 Å². The van der Waals surface area contributed by atoms with Crippen LogP contribution in [-0.4, -0.2) is 47.7 Å². The Morgan fingerprint density at radius 2 is 2.03 bits per heavy atom. The number of likely N-dealkylation sites (tertiary alicyclic amines) is 1. The maximum Gasteiger partial charge on any atom is 0.166 e. The van der Waals surface area contributed by atoms with Crippen LogP contribution in [0.5, 0.6) is 11.5 Å². The van der Waals surface area contributed by atoms with Gasteiger partial charge in [-0.15, -0.1) is 0 Å². The molecule has 1 aromatic heterocycles. The van der Waals surface area contributed by atoms with Crippen molar-refractivity contribution >= 4 is 49.9 Å². The van der Waals surface area contributed by atoms with E-state index in [0.29, 0.717) is 57.2 Å². The van der Waals surface area contributed by atoms with Gasteiger partial charge < -0.3 is 19.7 Å².